The van der Waals surface area contributed by atoms with E-state index >= 15 is 0 Å². The molecule has 22 heavy (non-hydrogen) atoms. The summed E-state index contributed by atoms with van der Waals surface area (Å²) in [4.78, 5) is 28.2. The van der Waals surface area contributed by atoms with Crippen LogP contribution in [-0.4, -0.2) is 20.6 Å². The van der Waals surface area contributed by atoms with E-state index in [1.807, 2.05) is 0 Å². The van der Waals surface area contributed by atoms with Gasteiger partial charge in [-0.2, -0.15) is 9.61 Å². The minimum absolute atomic E-state index is 0.109. The first-order chi connectivity index (χ1) is 10.5. The Labute approximate surface area is 127 Å². The highest BCUT2D eigenvalue weighted by Crippen LogP contribution is 2.13. The molecule has 0 saturated carbocycles. The molecule has 3 rings (SSSR count). The lowest BCUT2D eigenvalue weighted by molar-refractivity contribution is 0.0471. The van der Waals surface area contributed by atoms with Crippen LogP contribution in [0.2, 0.25) is 0 Å². The van der Waals surface area contributed by atoms with Gasteiger partial charge in [-0.1, -0.05) is 17.4 Å². The third kappa shape index (κ3) is 2.86. The van der Waals surface area contributed by atoms with Crippen molar-refractivity contribution in [1.29, 1.82) is 0 Å². The van der Waals surface area contributed by atoms with E-state index in [0.29, 0.717) is 15.7 Å². The fraction of sp³-hybridized carbons (Fsp3) is 0.143. The fourth-order valence-corrected chi connectivity index (χ4v) is 2.70. The van der Waals surface area contributed by atoms with Gasteiger partial charge in [-0.05, 0) is 25.1 Å². The lowest BCUT2D eigenvalue weighted by Crippen LogP contribution is -2.14. The summed E-state index contributed by atoms with van der Waals surface area (Å²) < 4.78 is 19.3. The molecule has 8 heteroatoms. The number of nitrogens with zero attached hydrogens (tertiary/aromatic N) is 3. The highest BCUT2D eigenvalue weighted by Gasteiger charge is 2.12. The monoisotopic (exact) mass is 319 g/mol. The van der Waals surface area contributed by atoms with Gasteiger partial charge < -0.3 is 4.74 Å². The summed E-state index contributed by atoms with van der Waals surface area (Å²) >= 11 is 1.16. The second kappa shape index (κ2) is 5.64. The minimum Gasteiger partial charge on any atom is -0.455 e. The van der Waals surface area contributed by atoms with Crippen LogP contribution in [0, 0.1) is 12.7 Å². The van der Waals surface area contributed by atoms with E-state index < -0.39 is 11.8 Å². The van der Waals surface area contributed by atoms with Crippen molar-refractivity contribution in [2.75, 3.05) is 0 Å². The van der Waals surface area contributed by atoms with E-state index in [1.54, 1.807) is 6.92 Å². The van der Waals surface area contributed by atoms with Crippen molar-refractivity contribution in [3.8, 4) is 0 Å². The number of aryl methyl sites for hydroxylation is 1. The molecule has 2 aromatic heterocycles. The largest absolute Gasteiger partial charge is 0.455 e. The van der Waals surface area contributed by atoms with Crippen molar-refractivity contribution in [3.63, 3.8) is 0 Å². The molecule has 0 bridgehead atoms. The molecule has 0 aliphatic rings. The zero-order valence-electron chi connectivity index (χ0n) is 11.4. The molecule has 2 heterocycles. The van der Waals surface area contributed by atoms with Gasteiger partial charge in [-0.25, -0.2) is 14.2 Å². The smallest absolute Gasteiger partial charge is 0.338 e. The van der Waals surface area contributed by atoms with E-state index in [-0.39, 0.29) is 17.7 Å². The predicted molar refractivity (Wildman–Crippen MR) is 77.4 cm³/mol. The number of esters is 1. The van der Waals surface area contributed by atoms with Crippen molar-refractivity contribution in [3.05, 3.63) is 62.8 Å². The summed E-state index contributed by atoms with van der Waals surface area (Å²) in [7, 11) is 0. The number of carbonyl (C=O) groups is 1. The number of hydrogen-bond acceptors (Lipinski definition) is 6. The maximum atomic E-state index is 13.0. The molecule has 0 aliphatic carbocycles. The van der Waals surface area contributed by atoms with Crippen LogP contribution in [0.5, 0.6) is 0 Å². The van der Waals surface area contributed by atoms with Crippen LogP contribution in [0.4, 0.5) is 4.39 Å². The van der Waals surface area contributed by atoms with E-state index in [0.717, 1.165) is 21.9 Å². The molecule has 112 valence electrons. The van der Waals surface area contributed by atoms with E-state index in [2.05, 4.69) is 10.1 Å². The number of benzene rings is 1. The molecule has 0 unspecified atom stereocenters. The number of hydrogen-bond donors (Lipinski definition) is 0. The molecule has 0 spiro atoms. The van der Waals surface area contributed by atoms with Crippen LogP contribution in [0.3, 0.4) is 0 Å². The predicted octanol–water partition coefficient (Wildman–Crippen LogP) is 1.96. The highest BCUT2D eigenvalue weighted by molar-refractivity contribution is 7.16. The molecule has 0 amide bonds. The maximum absolute atomic E-state index is 13.0. The standard InChI is InChI=1S/C14H10FN3O3S/c1-8-5-12(19)18-14(16-8)22-11(17-18)7-21-13(20)9-3-2-4-10(15)6-9/h2-6H,7H2,1H3. The Balaban J connectivity index is 1.78. The van der Waals surface area contributed by atoms with Crippen LogP contribution >= 0.6 is 11.3 Å². The van der Waals surface area contributed by atoms with Gasteiger partial charge in [-0.3, -0.25) is 4.79 Å². The van der Waals surface area contributed by atoms with Crippen molar-refractivity contribution in [2.24, 2.45) is 0 Å². The summed E-state index contributed by atoms with van der Waals surface area (Å²) in [5, 5.41) is 4.48. The molecule has 3 aromatic rings. The molecule has 0 fully saturated rings. The SMILES string of the molecule is Cc1cc(=O)n2nc(COC(=O)c3cccc(F)c3)sc2n1. The van der Waals surface area contributed by atoms with Gasteiger partial charge >= 0.3 is 5.97 Å². The van der Waals surface area contributed by atoms with Crippen molar-refractivity contribution >= 4 is 22.3 Å². The van der Waals surface area contributed by atoms with Gasteiger partial charge in [-0.15, -0.1) is 0 Å². The topological polar surface area (TPSA) is 73.6 Å². The summed E-state index contributed by atoms with van der Waals surface area (Å²) in [6, 6.07) is 6.59. The molecule has 0 aliphatic heterocycles. The van der Waals surface area contributed by atoms with Gasteiger partial charge in [0, 0.05) is 11.8 Å². The fourth-order valence-electron chi connectivity index (χ4n) is 1.84. The number of rotatable bonds is 3. The molecule has 0 atom stereocenters. The molecule has 0 radical (unpaired) electrons. The average Bonchev–Trinajstić information content (AvgIpc) is 2.88. The molecule has 1 aromatic carbocycles. The Hall–Kier alpha value is -2.61. The number of aromatic nitrogens is 3. The Morgan fingerprint density at radius 3 is 3.00 bits per heavy atom. The Bertz CT molecular complexity index is 919. The Kier molecular flexibility index (Phi) is 3.68. The van der Waals surface area contributed by atoms with Crippen LogP contribution in [0.15, 0.2) is 35.1 Å². The molecule has 0 N–H and O–H groups in total. The number of carbonyl (C=O) groups excluding carboxylic acids is 1. The van der Waals surface area contributed by atoms with Gasteiger partial charge in [0.05, 0.1) is 5.56 Å². The maximum Gasteiger partial charge on any atom is 0.338 e. The second-order valence-corrected chi connectivity index (χ2v) is 5.55. The lowest BCUT2D eigenvalue weighted by atomic mass is 10.2. The Morgan fingerprint density at radius 2 is 2.23 bits per heavy atom. The summed E-state index contributed by atoms with van der Waals surface area (Å²) in [5.74, 6) is -1.17. The summed E-state index contributed by atoms with van der Waals surface area (Å²) in [6.45, 7) is 1.60. The lowest BCUT2D eigenvalue weighted by Gasteiger charge is -2.02. The number of ether oxygens (including phenoxy) is 1. The molecular formula is C14H10FN3O3S. The highest BCUT2D eigenvalue weighted by atomic mass is 32.1. The van der Waals surface area contributed by atoms with Gasteiger partial charge in [0.1, 0.15) is 12.4 Å². The quantitative estimate of drug-likeness (QED) is 0.690. The molecule has 0 saturated heterocycles. The minimum atomic E-state index is -0.657. The number of fused-ring (bicyclic) bond motifs is 1. The second-order valence-electron chi connectivity index (χ2n) is 4.51. The van der Waals surface area contributed by atoms with Crippen molar-refractivity contribution < 1.29 is 13.9 Å². The third-order valence-electron chi connectivity index (χ3n) is 2.80. The van der Waals surface area contributed by atoms with Crippen molar-refractivity contribution in [1.82, 2.24) is 14.6 Å². The van der Waals surface area contributed by atoms with Crippen LogP contribution < -0.4 is 5.56 Å². The zero-order valence-corrected chi connectivity index (χ0v) is 12.3. The normalized spacial score (nSPS) is 10.8. The van der Waals surface area contributed by atoms with Crippen molar-refractivity contribution in [2.45, 2.75) is 13.5 Å². The van der Waals surface area contributed by atoms with Crippen LogP contribution in [0.25, 0.3) is 4.96 Å². The van der Waals surface area contributed by atoms with E-state index in [4.69, 9.17) is 4.74 Å². The first-order valence-electron chi connectivity index (χ1n) is 6.32. The third-order valence-corrected chi connectivity index (χ3v) is 3.68. The summed E-state index contributed by atoms with van der Waals surface area (Å²) in [6.07, 6.45) is 0. The van der Waals surface area contributed by atoms with Crippen LogP contribution in [-0.2, 0) is 11.3 Å². The van der Waals surface area contributed by atoms with E-state index in [9.17, 15) is 14.0 Å². The van der Waals surface area contributed by atoms with Crippen LogP contribution in [0.1, 0.15) is 21.1 Å². The van der Waals surface area contributed by atoms with Gasteiger partial charge in [0.15, 0.2) is 5.01 Å². The van der Waals surface area contributed by atoms with Gasteiger partial charge in [0.25, 0.3) is 5.56 Å². The van der Waals surface area contributed by atoms with E-state index in [1.165, 1.54) is 24.3 Å². The molecular weight excluding hydrogens is 309 g/mol. The summed E-state index contributed by atoms with van der Waals surface area (Å²) in [5.41, 5.74) is 0.422. The first kappa shape index (κ1) is 14.3. The zero-order chi connectivity index (χ0) is 15.7. The number of halogens is 1. The average molecular weight is 319 g/mol. The first-order valence-corrected chi connectivity index (χ1v) is 7.14. The Morgan fingerprint density at radius 1 is 1.41 bits per heavy atom. The molecule has 6 nitrogen and oxygen atoms in total. The van der Waals surface area contributed by atoms with Gasteiger partial charge in [0.2, 0.25) is 4.96 Å².